The first-order chi connectivity index (χ1) is 14.6. The van der Waals surface area contributed by atoms with Crippen molar-refractivity contribution in [3.8, 4) is 11.8 Å². The van der Waals surface area contributed by atoms with E-state index in [2.05, 4.69) is 15.4 Å². The first-order valence-corrected chi connectivity index (χ1v) is 9.93. The molecule has 0 fully saturated rings. The molecule has 2 aromatic heterocycles. The zero-order chi connectivity index (χ0) is 20.7. The molecule has 0 atom stereocenters. The molecule has 0 radical (unpaired) electrons. The highest BCUT2D eigenvalue weighted by molar-refractivity contribution is 6.06. The van der Waals surface area contributed by atoms with Gasteiger partial charge in [0.25, 0.3) is 5.91 Å². The Morgan fingerprint density at radius 1 is 1.17 bits per heavy atom. The van der Waals surface area contributed by atoms with Crippen LogP contribution < -0.4 is 11.1 Å². The van der Waals surface area contributed by atoms with Crippen molar-refractivity contribution in [2.45, 2.75) is 25.7 Å². The van der Waals surface area contributed by atoms with E-state index in [-0.39, 0.29) is 11.7 Å². The molecule has 5 rings (SSSR count). The molecule has 148 valence electrons. The third-order valence-corrected chi connectivity index (χ3v) is 5.66. The van der Waals surface area contributed by atoms with E-state index < -0.39 is 0 Å². The highest BCUT2D eigenvalue weighted by atomic mass is 16.1. The number of benzene rings is 2. The van der Waals surface area contributed by atoms with Gasteiger partial charge < -0.3 is 16.0 Å². The number of H-pyrrole nitrogens is 1. The maximum atomic E-state index is 12.8. The van der Waals surface area contributed by atoms with Gasteiger partial charge in [-0.15, -0.1) is 0 Å². The molecular weight excluding hydrogens is 376 g/mol. The summed E-state index contributed by atoms with van der Waals surface area (Å²) in [6, 6.07) is 15.0. The Hall–Kier alpha value is -4.05. The third kappa shape index (κ3) is 2.99. The van der Waals surface area contributed by atoms with Crippen molar-refractivity contribution < 1.29 is 4.79 Å². The van der Waals surface area contributed by atoms with Crippen molar-refractivity contribution in [3.05, 3.63) is 71.0 Å². The molecule has 0 bridgehead atoms. The second-order valence-electron chi connectivity index (χ2n) is 7.52. The minimum absolute atomic E-state index is 0.152. The first kappa shape index (κ1) is 18.0. The van der Waals surface area contributed by atoms with Crippen LogP contribution in [0.25, 0.3) is 16.6 Å². The van der Waals surface area contributed by atoms with Gasteiger partial charge >= 0.3 is 0 Å². The van der Waals surface area contributed by atoms with Gasteiger partial charge in [0, 0.05) is 27.8 Å². The summed E-state index contributed by atoms with van der Waals surface area (Å²) in [6.07, 6.45) is 5.98. The fourth-order valence-corrected chi connectivity index (χ4v) is 4.09. The van der Waals surface area contributed by atoms with Crippen molar-refractivity contribution in [1.29, 1.82) is 5.26 Å². The van der Waals surface area contributed by atoms with E-state index in [9.17, 15) is 4.79 Å². The highest BCUT2D eigenvalue weighted by Gasteiger charge is 2.17. The number of nitrogen functional groups attached to an aromatic ring is 1. The lowest BCUT2D eigenvalue weighted by atomic mass is 9.95. The van der Waals surface area contributed by atoms with Crippen molar-refractivity contribution in [1.82, 2.24) is 14.8 Å². The Bertz CT molecular complexity index is 1310. The molecule has 0 saturated heterocycles. The molecule has 7 nitrogen and oxygen atoms in total. The van der Waals surface area contributed by atoms with Crippen LogP contribution in [0.1, 0.15) is 40.0 Å². The minimum Gasteiger partial charge on any atom is -0.382 e. The van der Waals surface area contributed by atoms with E-state index in [0.717, 1.165) is 23.7 Å². The molecule has 4 aromatic rings. The van der Waals surface area contributed by atoms with Crippen LogP contribution in [0.2, 0.25) is 0 Å². The number of amides is 1. The summed E-state index contributed by atoms with van der Waals surface area (Å²) in [4.78, 5) is 16.3. The maximum Gasteiger partial charge on any atom is 0.255 e. The quantitative estimate of drug-likeness (QED) is 0.487. The lowest BCUT2D eigenvalue weighted by Gasteiger charge is -2.11. The van der Waals surface area contributed by atoms with E-state index in [0.29, 0.717) is 22.5 Å². The standard InChI is InChI=1S/C23H20N6O/c24-12-15-13-26-29(22(15)25)17-8-6-16(7-9-17)27-23(30)14-5-10-21-19(11-14)18-3-1-2-4-20(18)28-21/h5-11,13,28H,1-4,25H2,(H,27,30). The van der Waals surface area contributed by atoms with E-state index >= 15 is 0 Å². The summed E-state index contributed by atoms with van der Waals surface area (Å²) in [7, 11) is 0. The Morgan fingerprint density at radius 2 is 1.97 bits per heavy atom. The fourth-order valence-electron chi connectivity index (χ4n) is 4.09. The number of anilines is 2. The summed E-state index contributed by atoms with van der Waals surface area (Å²) in [5, 5.41) is 17.2. The summed E-state index contributed by atoms with van der Waals surface area (Å²) >= 11 is 0. The summed E-state index contributed by atoms with van der Waals surface area (Å²) in [5.41, 5.74) is 12.0. The number of nitrogens with two attached hydrogens (primary N) is 1. The molecule has 1 aliphatic carbocycles. The van der Waals surface area contributed by atoms with E-state index in [4.69, 9.17) is 11.0 Å². The molecule has 0 spiro atoms. The van der Waals surface area contributed by atoms with Crippen LogP contribution in [0.5, 0.6) is 0 Å². The first-order valence-electron chi connectivity index (χ1n) is 9.93. The monoisotopic (exact) mass is 396 g/mol. The van der Waals surface area contributed by atoms with Gasteiger partial charge in [0.05, 0.1) is 11.9 Å². The van der Waals surface area contributed by atoms with Crippen LogP contribution in [0.15, 0.2) is 48.7 Å². The second kappa shape index (κ2) is 7.08. The van der Waals surface area contributed by atoms with Crippen molar-refractivity contribution in [2.24, 2.45) is 0 Å². The normalized spacial score (nSPS) is 13.0. The van der Waals surface area contributed by atoms with Crippen molar-refractivity contribution in [2.75, 3.05) is 11.1 Å². The summed E-state index contributed by atoms with van der Waals surface area (Å²) in [6.45, 7) is 0. The molecule has 2 heterocycles. The molecule has 0 unspecified atom stereocenters. The fraction of sp³-hybridized carbons (Fsp3) is 0.174. The van der Waals surface area contributed by atoms with Gasteiger partial charge in [-0.25, -0.2) is 4.68 Å². The molecule has 0 aliphatic heterocycles. The van der Waals surface area contributed by atoms with Crippen LogP contribution in [-0.2, 0) is 12.8 Å². The zero-order valence-corrected chi connectivity index (χ0v) is 16.3. The predicted molar refractivity (Wildman–Crippen MR) is 116 cm³/mol. The number of hydrogen-bond donors (Lipinski definition) is 3. The predicted octanol–water partition coefficient (Wildman–Crippen LogP) is 3.94. The van der Waals surface area contributed by atoms with Gasteiger partial charge in [-0.1, -0.05) is 0 Å². The SMILES string of the molecule is N#Cc1cnn(-c2ccc(NC(=O)c3ccc4[nH]c5c(c4c3)CCCC5)cc2)c1N. The number of carbonyl (C=O) groups is 1. The summed E-state index contributed by atoms with van der Waals surface area (Å²) < 4.78 is 1.49. The molecule has 30 heavy (non-hydrogen) atoms. The van der Waals surface area contributed by atoms with Gasteiger partial charge in [-0.2, -0.15) is 10.4 Å². The van der Waals surface area contributed by atoms with Crippen molar-refractivity contribution in [3.63, 3.8) is 0 Å². The number of fused-ring (bicyclic) bond motifs is 3. The lowest BCUT2D eigenvalue weighted by molar-refractivity contribution is 0.102. The Labute approximate surface area is 173 Å². The van der Waals surface area contributed by atoms with Crippen LogP contribution in [0.4, 0.5) is 11.5 Å². The molecule has 2 aromatic carbocycles. The number of rotatable bonds is 3. The number of nitriles is 1. The van der Waals surface area contributed by atoms with Crippen LogP contribution >= 0.6 is 0 Å². The zero-order valence-electron chi connectivity index (χ0n) is 16.3. The minimum atomic E-state index is -0.152. The number of carbonyl (C=O) groups excluding carboxylic acids is 1. The molecule has 4 N–H and O–H groups in total. The Kier molecular flexibility index (Phi) is 4.25. The largest absolute Gasteiger partial charge is 0.382 e. The van der Waals surface area contributed by atoms with E-state index in [1.165, 1.54) is 35.0 Å². The Morgan fingerprint density at radius 3 is 2.73 bits per heavy atom. The molecule has 1 aliphatic rings. The lowest BCUT2D eigenvalue weighted by Crippen LogP contribution is -2.12. The summed E-state index contributed by atoms with van der Waals surface area (Å²) in [5.74, 6) is 0.137. The Balaban J connectivity index is 1.37. The van der Waals surface area contributed by atoms with Crippen LogP contribution in [-0.4, -0.2) is 20.7 Å². The van der Waals surface area contributed by atoms with Gasteiger partial charge in [-0.3, -0.25) is 4.79 Å². The number of nitrogens with zero attached hydrogens (tertiary/aromatic N) is 3. The van der Waals surface area contributed by atoms with Crippen molar-refractivity contribution >= 4 is 28.3 Å². The van der Waals surface area contributed by atoms with Crippen LogP contribution in [0, 0.1) is 11.3 Å². The number of nitrogens with one attached hydrogen (secondary N) is 2. The third-order valence-electron chi connectivity index (χ3n) is 5.66. The van der Waals surface area contributed by atoms with Gasteiger partial charge in [0.1, 0.15) is 17.5 Å². The second-order valence-corrected chi connectivity index (χ2v) is 7.52. The van der Waals surface area contributed by atoms with Gasteiger partial charge in [0.2, 0.25) is 0 Å². The van der Waals surface area contributed by atoms with Gasteiger partial charge in [-0.05, 0) is 73.7 Å². The number of hydrogen-bond acceptors (Lipinski definition) is 4. The smallest absolute Gasteiger partial charge is 0.255 e. The number of aromatic nitrogens is 3. The molecule has 7 heteroatoms. The van der Waals surface area contributed by atoms with Crippen LogP contribution in [0.3, 0.4) is 0 Å². The van der Waals surface area contributed by atoms with Gasteiger partial charge in [0.15, 0.2) is 0 Å². The molecule has 1 amide bonds. The number of aromatic amines is 1. The van der Waals surface area contributed by atoms with E-state index in [1.807, 2.05) is 24.3 Å². The molecular formula is C23H20N6O. The maximum absolute atomic E-state index is 12.8. The topological polar surface area (TPSA) is 113 Å². The number of aryl methyl sites for hydroxylation is 2. The molecule has 0 saturated carbocycles. The van der Waals surface area contributed by atoms with E-state index in [1.54, 1.807) is 24.3 Å². The average molecular weight is 396 g/mol. The highest BCUT2D eigenvalue weighted by Crippen LogP contribution is 2.30. The average Bonchev–Trinajstić information content (AvgIpc) is 3.33.